The van der Waals surface area contributed by atoms with Gasteiger partial charge in [0.2, 0.25) is 0 Å². The molecular weight excluding hydrogens is 1140 g/mol. The van der Waals surface area contributed by atoms with Gasteiger partial charge in [0.15, 0.2) is 37.6 Å². The Morgan fingerprint density at radius 2 is 1.10 bits per heavy atom. The first-order valence-electron chi connectivity index (χ1n) is 31.0. The van der Waals surface area contributed by atoms with Gasteiger partial charge in [-0.2, -0.15) is 0 Å². The average molecular weight is 1240 g/mol. The van der Waals surface area contributed by atoms with Gasteiger partial charge in [0.1, 0.15) is 104 Å². The number of rotatable bonds is 13. The van der Waals surface area contributed by atoms with Gasteiger partial charge in [0, 0.05) is 10.8 Å². The highest BCUT2D eigenvalue weighted by Crippen LogP contribution is 2.80. The minimum atomic E-state index is -2.30. The van der Waals surface area contributed by atoms with Crippen LogP contribution in [-0.4, -0.2) is 274 Å². The van der Waals surface area contributed by atoms with Crippen molar-refractivity contribution in [3.05, 3.63) is 0 Å². The zero-order valence-corrected chi connectivity index (χ0v) is 50.2. The molecule has 27 heteroatoms. The highest BCUT2D eigenvalue weighted by atomic mass is 16.8. The van der Waals surface area contributed by atoms with Crippen molar-refractivity contribution in [3.63, 3.8) is 0 Å². The Morgan fingerprint density at radius 3 is 1.79 bits per heavy atom. The Bertz CT molecular complexity index is 2410. The van der Waals surface area contributed by atoms with Crippen molar-refractivity contribution in [3.8, 4) is 0 Å². The molecule has 34 atom stereocenters. The molecule has 5 aliphatic carbocycles. The number of carboxylic acids is 1. The van der Waals surface area contributed by atoms with Gasteiger partial charge in [-0.3, -0.25) is 0 Å². The highest BCUT2D eigenvalue weighted by Gasteiger charge is 2.80. The number of hydrogen-bond donors (Lipinski definition) is 15. The second kappa shape index (κ2) is 23.5. The topological polar surface area (TPSA) is 422 Å². The van der Waals surface area contributed by atoms with Crippen LogP contribution in [0.5, 0.6) is 0 Å². The smallest absolute Gasteiger partial charge is 0.335 e. The molecule has 5 saturated carbocycles. The first-order chi connectivity index (χ1) is 40.3. The van der Waals surface area contributed by atoms with Gasteiger partial charge < -0.3 is 129 Å². The van der Waals surface area contributed by atoms with Crippen molar-refractivity contribution in [2.75, 3.05) is 26.4 Å². The summed E-state index contributed by atoms with van der Waals surface area (Å²) in [6.45, 7) is 15.5. The third-order valence-corrected chi connectivity index (χ3v) is 24.3. The van der Waals surface area contributed by atoms with Crippen molar-refractivity contribution in [1.29, 1.82) is 0 Å². The highest BCUT2D eigenvalue weighted by molar-refractivity contribution is 5.73. The van der Waals surface area contributed by atoms with Gasteiger partial charge in [-0.25, -0.2) is 4.79 Å². The molecule has 15 N–H and O–H groups in total. The van der Waals surface area contributed by atoms with E-state index in [1.807, 2.05) is 0 Å². The lowest BCUT2D eigenvalue weighted by atomic mass is 9.30. The van der Waals surface area contributed by atoms with Gasteiger partial charge in [-0.1, -0.05) is 48.5 Å². The van der Waals surface area contributed by atoms with E-state index in [0.717, 1.165) is 44.9 Å². The van der Waals surface area contributed by atoms with Crippen LogP contribution in [0.2, 0.25) is 0 Å². The number of hydrogen-bond acceptors (Lipinski definition) is 26. The Balaban J connectivity index is 0.915. The molecule has 1 unspecified atom stereocenters. The van der Waals surface area contributed by atoms with E-state index in [1.165, 1.54) is 6.92 Å². The Kier molecular flexibility index (Phi) is 18.0. The Morgan fingerprint density at radius 1 is 0.512 bits per heavy atom. The lowest BCUT2D eigenvalue weighted by molar-refractivity contribution is -0.409. The predicted octanol–water partition coefficient (Wildman–Crippen LogP) is -2.77. The number of aliphatic hydroxyl groups is 14. The molecule has 2 bridgehead atoms. The minimum absolute atomic E-state index is 0.0282. The summed E-state index contributed by atoms with van der Waals surface area (Å²) in [5.74, 6) is -1.34. The molecule has 27 nitrogen and oxygen atoms in total. The maximum absolute atomic E-state index is 13.3. The van der Waals surface area contributed by atoms with E-state index in [2.05, 4.69) is 48.5 Å². The lowest BCUT2D eigenvalue weighted by Gasteiger charge is -2.75. The molecule has 0 amide bonds. The van der Waals surface area contributed by atoms with Gasteiger partial charge in [-0.05, 0) is 111 Å². The number of ether oxygens (including phenoxy) is 11. The lowest BCUT2D eigenvalue weighted by Crippen LogP contribution is -2.74. The van der Waals surface area contributed by atoms with Crippen LogP contribution in [0, 0.1) is 50.2 Å². The summed E-state index contributed by atoms with van der Waals surface area (Å²) < 4.78 is 68.3. The first kappa shape index (κ1) is 65.9. The van der Waals surface area contributed by atoms with Crippen LogP contribution in [0.3, 0.4) is 0 Å². The van der Waals surface area contributed by atoms with E-state index in [0.29, 0.717) is 25.9 Å². The first-order valence-corrected chi connectivity index (χ1v) is 31.0. The fourth-order valence-electron chi connectivity index (χ4n) is 19.1. The molecule has 0 radical (unpaired) electrons. The summed E-state index contributed by atoms with van der Waals surface area (Å²) in [5, 5.41) is 166. The molecule has 6 heterocycles. The van der Waals surface area contributed by atoms with E-state index < -0.39 is 196 Å². The van der Waals surface area contributed by atoms with Gasteiger partial charge in [0.25, 0.3) is 0 Å². The van der Waals surface area contributed by atoms with Crippen molar-refractivity contribution in [2.45, 2.75) is 285 Å². The molecule has 0 aromatic heterocycles. The largest absolute Gasteiger partial charge is 0.479 e. The summed E-state index contributed by atoms with van der Waals surface area (Å²) in [4.78, 5) is 13.3. The Labute approximate surface area is 499 Å². The van der Waals surface area contributed by atoms with Crippen molar-refractivity contribution >= 4 is 5.97 Å². The van der Waals surface area contributed by atoms with Crippen molar-refractivity contribution in [1.82, 2.24) is 0 Å². The monoisotopic (exact) mass is 1240 g/mol. The van der Waals surface area contributed by atoms with Crippen LogP contribution >= 0.6 is 0 Å². The van der Waals surface area contributed by atoms with Crippen LogP contribution in [-0.2, 0) is 56.9 Å². The second-order valence-corrected chi connectivity index (χ2v) is 29.5. The van der Waals surface area contributed by atoms with Crippen LogP contribution in [0.1, 0.15) is 120 Å². The molecule has 11 aliphatic rings. The summed E-state index contributed by atoms with van der Waals surface area (Å²) in [6.07, 6.45) is -38.4. The number of aliphatic carboxylic acids is 1. The quantitative estimate of drug-likeness (QED) is 0.0830. The van der Waals surface area contributed by atoms with E-state index in [-0.39, 0.29) is 44.8 Å². The fraction of sp³-hybridized carbons (Fsp3) is 0.983. The molecule has 0 aromatic rings. The Hall–Kier alpha value is -1.53. The third kappa shape index (κ3) is 10.2. The van der Waals surface area contributed by atoms with E-state index in [1.54, 1.807) is 0 Å². The van der Waals surface area contributed by atoms with E-state index in [9.17, 15) is 81.4 Å². The normalized spacial score (nSPS) is 56.8. The predicted molar refractivity (Wildman–Crippen MR) is 288 cm³/mol. The van der Waals surface area contributed by atoms with Crippen LogP contribution in [0.4, 0.5) is 0 Å². The minimum Gasteiger partial charge on any atom is -0.479 e. The molecule has 1 spiro atoms. The molecule has 11 fully saturated rings. The fourth-order valence-corrected chi connectivity index (χ4v) is 19.1. The summed E-state index contributed by atoms with van der Waals surface area (Å²) in [5.41, 5.74) is -2.22. The molecule has 86 heavy (non-hydrogen) atoms. The van der Waals surface area contributed by atoms with Gasteiger partial charge in [0.05, 0.1) is 50.3 Å². The van der Waals surface area contributed by atoms with Crippen molar-refractivity contribution in [2.24, 2.45) is 50.2 Å². The zero-order valence-electron chi connectivity index (χ0n) is 50.2. The summed E-state index contributed by atoms with van der Waals surface area (Å²) >= 11 is 0. The molecule has 11 rings (SSSR count). The zero-order chi connectivity index (χ0) is 62.5. The summed E-state index contributed by atoms with van der Waals surface area (Å²) in [7, 11) is 0. The third-order valence-electron chi connectivity index (χ3n) is 24.3. The van der Waals surface area contributed by atoms with Crippen LogP contribution in [0.15, 0.2) is 0 Å². The number of carbonyl (C=O) groups is 1. The SMILES string of the molecule is C[C@@H]1O[C@@H](O[C@H]2[C@H](O[C@H]3[C@H](O)[C@@H](C(=O)O)O[C@@H](O[C@H]4CC[C@]5(C)[C@H]6CC[C@]78OC[C@@]9(CCC(C)(C)C[C@H]97)[C@H](O)C[C@@]8(C)[C@]6(C)CC[C@H]5C4(C)C)[C@@H]3O[C@@H]3O[C@H](CO)[C@@H](O[C@@H]4OC[C@@H](O)[C@H](O)[C@H]4O)[C@H](O)C3O)O[C@H](CO)[C@H](O)[C@@H]2O)[C@H](O)[C@H](O)[C@H]1O. The maximum atomic E-state index is 13.3. The second-order valence-electron chi connectivity index (χ2n) is 29.5. The number of aliphatic hydroxyl groups excluding tert-OH is 14. The summed E-state index contributed by atoms with van der Waals surface area (Å²) in [6, 6.07) is 0. The van der Waals surface area contributed by atoms with Gasteiger partial charge >= 0.3 is 5.97 Å². The van der Waals surface area contributed by atoms with Crippen molar-refractivity contribution < 1.29 is 133 Å². The average Bonchev–Trinajstić information content (AvgIpc) is 1.30. The number of carboxylic acid groups (broad SMARTS) is 1. The molecule has 0 aromatic carbocycles. The van der Waals surface area contributed by atoms with Crippen LogP contribution < -0.4 is 0 Å². The molecular formula is C59H96O27. The number of fused-ring (bicyclic) bond motifs is 4. The molecule has 6 saturated heterocycles. The maximum Gasteiger partial charge on any atom is 0.335 e. The van der Waals surface area contributed by atoms with E-state index in [4.69, 9.17) is 52.1 Å². The standard InChI is InChI=1S/C59H96O27/c1-23-32(64)35(67)39(71)49(78-23)85-45-36(68)34(66)25(19-60)79-51(45)83-43-41(73)44(47(74)75)84-52(46(43)86-50-40(72)37(69)42(26(20-61)80-50)82-48-38(70)33(65)24(62)21-76-48)81-31-11-12-55(6)27(54(31,4)5)9-13-56(7)28(55)10-14-59-29-17-53(2,3)15-16-58(29,22-77-59)30(63)18-57(56,59)8/h23-46,48-52,60-73H,9-22H2,1-8H3,(H,74,75)/t23-,24+,25+,26+,27-,28+,29+,30+,31-,32-,33-,34-,35+,36-,37+,38+,39+,40?,41-,42+,43-,44-,45+,46+,48-,49-,50-,51-,52+,55-,56+,57-,58+,59-/m0/s1. The molecule has 494 valence electrons. The molecule has 6 aliphatic heterocycles. The van der Waals surface area contributed by atoms with E-state index >= 15 is 0 Å². The van der Waals surface area contributed by atoms with Crippen LogP contribution in [0.25, 0.3) is 0 Å². The van der Waals surface area contributed by atoms with Gasteiger partial charge in [-0.15, -0.1) is 0 Å².